The van der Waals surface area contributed by atoms with Crippen LogP contribution in [0.1, 0.15) is 31.9 Å². The number of amides is 1. The summed E-state index contributed by atoms with van der Waals surface area (Å²) >= 11 is 0. The van der Waals surface area contributed by atoms with Crippen LogP contribution in [0.5, 0.6) is 0 Å². The average Bonchev–Trinajstić information content (AvgIpc) is 3.12. The van der Waals surface area contributed by atoms with Crippen molar-refractivity contribution in [2.24, 2.45) is 0 Å². The van der Waals surface area contributed by atoms with Crippen molar-refractivity contribution < 1.29 is 9.37 Å². The topological polar surface area (TPSA) is 23.3 Å². The second-order valence-corrected chi connectivity index (χ2v) is 9.35. The fourth-order valence-corrected chi connectivity index (χ4v) is 5.52. The van der Waals surface area contributed by atoms with Crippen LogP contribution in [0.25, 0.3) is 10.8 Å². The molecule has 1 atom stereocenters. The summed E-state index contributed by atoms with van der Waals surface area (Å²) in [6, 6.07) is 33.7. The molecular formula is C32H31N2O+. The summed E-state index contributed by atoms with van der Waals surface area (Å²) in [5.74, 6) is -0.0122. The number of hydrogen-bond donors (Lipinski definition) is 0. The van der Waals surface area contributed by atoms with Crippen LogP contribution in [0, 0.1) is 0 Å². The number of benzene rings is 4. The molecule has 3 heteroatoms. The molecule has 1 aliphatic heterocycles. The van der Waals surface area contributed by atoms with Crippen LogP contribution >= 0.6 is 0 Å². The Morgan fingerprint density at radius 1 is 0.886 bits per heavy atom. The summed E-state index contributed by atoms with van der Waals surface area (Å²) in [7, 11) is 0. The minimum absolute atomic E-state index is 0.0122. The Kier molecular flexibility index (Phi) is 6.08. The van der Waals surface area contributed by atoms with E-state index in [1.54, 1.807) is 11.8 Å². The van der Waals surface area contributed by atoms with Gasteiger partial charge in [0.2, 0.25) is 11.6 Å². The molecule has 0 fully saturated rings. The number of carbonyl (C=O) groups excluding carboxylic acids is 1. The Balaban J connectivity index is 1.70. The minimum Gasteiger partial charge on any atom is -0.288 e. The maximum absolute atomic E-state index is 12.6. The first-order chi connectivity index (χ1) is 17.0. The molecule has 0 saturated heterocycles. The summed E-state index contributed by atoms with van der Waals surface area (Å²) in [5, 5.41) is 2.54. The van der Waals surface area contributed by atoms with Gasteiger partial charge in [-0.2, -0.15) is 4.58 Å². The van der Waals surface area contributed by atoms with E-state index in [9.17, 15) is 4.79 Å². The maximum atomic E-state index is 12.6. The summed E-state index contributed by atoms with van der Waals surface area (Å²) < 4.78 is 2.41. The smallest absolute Gasteiger partial charge is 0.227 e. The Bertz CT molecular complexity index is 1440. The molecule has 4 aromatic rings. The van der Waals surface area contributed by atoms with Gasteiger partial charge in [-0.15, -0.1) is 0 Å². The molecular weight excluding hydrogens is 428 g/mol. The molecule has 0 aliphatic carbocycles. The van der Waals surface area contributed by atoms with Crippen LogP contribution in [-0.2, 0) is 16.6 Å². The van der Waals surface area contributed by atoms with E-state index in [0.717, 1.165) is 18.7 Å². The van der Waals surface area contributed by atoms with Crippen LogP contribution in [0.3, 0.4) is 0 Å². The first-order valence-electron chi connectivity index (χ1n) is 12.3. The molecule has 3 nitrogen and oxygen atoms in total. The van der Waals surface area contributed by atoms with E-state index in [4.69, 9.17) is 0 Å². The normalized spacial score (nSPS) is 17.2. The van der Waals surface area contributed by atoms with Gasteiger partial charge in [-0.3, -0.25) is 9.69 Å². The lowest BCUT2D eigenvalue weighted by Gasteiger charge is -2.24. The van der Waals surface area contributed by atoms with Crippen molar-refractivity contribution in [3.63, 3.8) is 0 Å². The molecule has 1 unspecified atom stereocenters. The van der Waals surface area contributed by atoms with Crippen molar-refractivity contribution in [2.75, 3.05) is 11.4 Å². The predicted molar refractivity (Wildman–Crippen MR) is 146 cm³/mol. The van der Waals surface area contributed by atoms with Crippen molar-refractivity contribution in [1.29, 1.82) is 0 Å². The number of anilines is 1. The largest absolute Gasteiger partial charge is 0.288 e. The lowest BCUT2D eigenvalue weighted by Crippen LogP contribution is -2.34. The third-order valence-electron chi connectivity index (χ3n) is 7.08. The Morgan fingerprint density at radius 3 is 2.23 bits per heavy atom. The number of carbonyl (C=O) groups is 1. The van der Waals surface area contributed by atoms with E-state index in [0.29, 0.717) is 0 Å². The zero-order valence-corrected chi connectivity index (χ0v) is 20.6. The fourth-order valence-electron chi connectivity index (χ4n) is 5.52. The summed E-state index contributed by atoms with van der Waals surface area (Å²) in [6.45, 7) is 7.00. The van der Waals surface area contributed by atoms with Crippen molar-refractivity contribution in [3.05, 3.63) is 120 Å². The number of nitrogens with zero attached hydrogens (tertiary/aromatic N) is 2. The van der Waals surface area contributed by atoms with Gasteiger partial charge in [0.15, 0.2) is 5.71 Å². The van der Waals surface area contributed by atoms with Gasteiger partial charge >= 0.3 is 0 Å². The van der Waals surface area contributed by atoms with E-state index in [2.05, 4.69) is 91.2 Å². The van der Waals surface area contributed by atoms with Crippen molar-refractivity contribution in [2.45, 2.75) is 32.6 Å². The highest BCUT2D eigenvalue weighted by Gasteiger charge is 2.48. The van der Waals surface area contributed by atoms with Crippen LogP contribution in [-0.4, -0.2) is 22.7 Å². The predicted octanol–water partition coefficient (Wildman–Crippen LogP) is 7.03. The Labute approximate surface area is 207 Å². The fraction of sp³-hybridized carbons (Fsp3) is 0.188. The molecule has 0 N–H and O–H groups in total. The van der Waals surface area contributed by atoms with Gasteiger partial charge in [-0.25, -0.2) is 0 Å². The standard InChI is InChI=1S/C32H31N2O/c1-4-33-29-20-19-26-15-11-12-18-28(26)31(29)32(3,23-25-13-7-5-8-14-25)30(33)21-22-34(24(2)35)27-16-9-6-10-17-27/h5-22H,4,23H2,1-3H3/q+1. The van der Waals surface area contributed by atoms with E-state index in [-0.39, 0.29) is 11.3 Å². The lowest BCUT2D eigenvalue weighted by atomic mass is 9.73. The van der Waals surface area contributed by atoms with Gasteiger partial charge in [0.05, 0.1) is 5.41 Å². The van der Waals surface area contributed by atoms with Gasteiger partial charge in [0.25, 0.3) is 0 Å². The molecule has 0 bridgehead atoms. The Hall–Kier alpha value is -3.98. The first-order valence-corrected chi connectivity index (χ1v) is 12.3. The summed E-state index contributed by atoms with van der Waals surface area (Å²) in [6.07, 6.45) is 4.96. The Morgan fingerprint density at radius 2 is 1.54 bits per heavy atom. The van der Waals surface area contributed by atoms with Crippen LogP contribution in [0.2, 0.25) is 0 Å². The van der Waals surface area contributed by atoms with Crippen molar-refractivity contribution >= 4 is 33.8 Å². The first kappa shape index (κ1) is 22.8. The third-order valence-corrected chi connectivity index (χ3v) is 7.08. The number of fused-ring (bicyclic) bond motifs is 3. The summed E-state index contributed by atoms with van der Waals surface area (Å²) in [5.41, 5.74) is 5.71. The van der Waals surface area contributed by atoms with E-state index in [1.165, 1.54) is 33.3 Å². The minimum atomic E-state index is -0.261. The average molecular weight is 460 g/mol. The number of para-hydroxylation sites is 1. The monoisotopic (exact) mass is 459 g/mol. The molecule has 4 aromatic carbocycles. The van der Waals surface area contributed by atoms with Gasteiger partial charge in [-0.05, 0) is 54.8 Å². The highest BCUT2D eigenvalue weighted by Crippen LogP contribution is 2.46. The molecule has 0 spiro atoms. The van der Waals surface area contributed by atoms with E-state index < -0.39 is 0 Å². The van der Waals surface area contributed by atoms with E-state index in [1.807, 2.05) is 36.5 Å². The summed E-state index contributed by atoms with van der Waals surface area (Å²) in [4.78, 5) is 14.3. The zero-order chi connectivity index (χ0) is 24.4. The molecule has 0 radical (unpaired) electrons. The molecule has 5 rings (SSSR count). The SMILES string of the molecule is CC[N+]1=C(/C=C/N(C(C)=O)c2ccccc2)C(C)(Cc2ccccc2)c2c1ccc1ccccc21. The second-order valence-electron chi connectivity index (χ2n) is 9.35. The molecule has 1 amide bonds. The van der Waals surface area contributed by atoms with Gasteiger partial charge in [0, 0.05) is 36.5 Å². The quantitative estimate of drug-likeness (QED) is 0.284. The zero-order valence-electron chi connectivity index (χ0n) is 20.6. The number of rotatable bonds is 6. The molecule has 0 aromatic heterocycles. The van der Waals surface area contributed by atoms with Crippen molar-refractivity contribution in [1.82, 2.24) is 0 Å². The molecule has 0 saturated carbocycles. The molecule has 1 heterocycles. The van der Waals surface area contributed by atoms with E-state index >= 15 is 0 Å². The number of hydrogen-bond acceptors (Lipinski definition) is 1. The van der Waals surface area contributed by atoms with Crippen LogP contribution in [0.4, 0.5) is 11.4 Å². The second kappa shape index (κ2) is 9.34. The van der Waals surface area contributed by atoms with Crippen LogP contribution < -0.4 is 4.90 Å². The number of allylic oxidation sites excluding steroid dienone is 1. The van der Waals surface area contributed by atoms with Gasteiger partial charge in [0.1, 0.15) is 6.54 Å². The molecule has 1 aliphatic rings. The lowest BCUT2D eigenvalue weighted by molar-refractivity contribution is -0.433. The molecule has 174 valence electrons. The maximum Gasteiger partial charge on any atom is 0.227 e. The molecule has 35 heavy (non-hydrogen) atoms. The third kappa shape index (κ3) is 4.08. The van der Waals surface area contributed by atoms with Gasteiger partial charge in [-0.1, -0.05) is 72.8 Å². The highest BCUT2D eigenvalue weighted by atomic mass is 16.2. The highest BCUT2D eigenvalue weighted by molar-refractivity contribution is 6.09. The van der Waals surface area contributed by atoms with Crippen molar-refractivity contribution in [3.8, 4) is 0 Å². The van der Waals surface area contributed by atoms with Gasteiger partial charge < -0.3 is 0 Å². The van der Waals surface area contributed by atoms with Crippen LogP contribution in [0.15, 0.2) is 109 Å².